The lowest BCUT2D eigenvalue weighted by Crippen LogP contribution is -2.37. The maximum Gasteiger partial charge on any atom is 0.314 e. The molecule has 0 heterocycles. The average Bonchev–Trinajstić information content (AvgIpc) is 2.57. The Kier molecular flexibility index (Phi) is 6.37. The van der Waals surface area contributed by atoms with E-state index in [1.165, 1.54) is 0 Å². The van der Waals surface area contributed by atoms with Crippen molar-refractivity contribution in [2.24, 2.45) is 0 Å². The fourth-order valence-corrected chi connectivity index (χ4v) is 2.22. The SMILES string of the molecule is Cc1ccc(C(=O)CCNC(=O)NCCc2ccc(O)cc2)cc1. The Hall–Kier alpha value is -2.82. The van der Waals surface area contributed by atoms with Crippen LogP contribution in [0.5, 0.6) is 5.75 Å². The molecule has 0 atom stereocenters. The molecule has 126 valence electrons. The molecule has 0 saturated carbocycles. The van der Waals surface area contributed by atoms with Crippen LogP contribution in [0.15, 0.2) is 48.5 Å². The Labute approximate surface area is 141 Å². The second kappa shape index (κ2) is 8.72. The number of hydrogen-bond donors (Lipinski definition) is 3. The van der Waals surface area contributed by atoms with E-state index in [-0.39, 0.29) is 24.0 Å². The summed E-state index contributed by atoms with van der Waals surface area (Å²) in [5.74, 6) is 0.238. The molecule has 0 bridgehead atoms. The Balaban J connectivity index is 1.63. The summed E-state index contributed by atoms with van der Waals surface area (Å²) in [6.45, 7) is 2.76. The lowest BCUT2D eigenvalue weighted by molar-refractivity contribution is 0.0983. The van der Waals surface area contributed by atoms with Crippen LogP contribution < -0.4 is 10.6 Å². The van der Waals surface area contributed by atoms with E-state index in [0.717, 1.165) is 11.1 Å². The number of amides is 2. The van der Waals surface area contributed by atoms with Gasteiger partial charge >= 0.3 is 6.03 Å². The molecular formula is C19H22N2O3. The topological polar surface area (TPSA) is 78.4 Å². The van der Waals surface area contributed by atoms with Crippen molar-refractivity contribution in [2.45, 2.75) is 19.8 Å². The van der Waals surface area contributed by atoms with Crippen LogP contribution in [0.2, 0.25) is 0 Å². The van der Waals surface area contributed by atoms with E-state index in [1.807, 2.05) is 31.2 Å². The molecule has 2 aromatic carbocycles. The molecule has 0 aliphatic carbocycles. The first-order valence-electron chi connectivity index (χ1n) is 7.94. The van der Waals surface area contributed by atoms with Crippen LogP contribution in [0.1, 0.15) is 27.9 Å². The second-order valence-electron chi connectivity index (χ2n) is 5.64. The number of carbonyl (C=O) groups is 2. The number of rotatable bonds is 7. The highest BCUT2D eigenvalue weighted by molar-refractivity contribution is 5.96. The third kappa shape index (κ3) is 5.76. The summed E-state index contributed by atoms with van der Waals surface area (Å²) in [6, 6.07) is 14.0. The van der Waals surface area contributed by atoms with E-state index in [2.05, 4.69) is 10.6 Å². The third-order valence-corrected chi connectivity index (χ3v) is 3.65. The van der Waals surface area contributed by atoms with Crippen LogP contribution in [0.4, 0.5) is 4.79 Å². The molecule has 2 aromatic rings. The summed E-state index contributed by atoms with van der Waals surface area (Å²) in [5.41, 5.74) is 2.80. The minimum absolute atomic E-state index is 0.0133. The zero-order valence-electron chi connectivity index (χ0n) is 13.7. The Morgan fingerprint density at radius 2 is 1.54 bits per heavy atom. The molecule has 0 aliphatic rings. The molecule has 0 aliphatic heterocycles. The van der Waals surface area contributed by atoms with Crippen molar-refractivity contribution in [2.75, 3.05) is 13.1 Å². The third-order valence-electron chi connectivity index (χ3n) is 3.65. The highest BCUT2D eigenvalue weighted by Crippen LogP contribution is 2.09. The first-order valence-corrected chi connectivity index (χ1v) is 7.94. The van der Waals surface area contributed by atoms with Gasteiger partial charge in [0, 0.05) is 25.1 Å². The van der Waals surface area contributed by atoms with Crippen molar-refractivity contribution >= 4 is 11.8 Å². The maximum absolute atomic E-state index is 12.0. The minimum Gasteiger partial charge on any atom is -0.508 e. The van der Waals surface area contributed by atoms with E-state index in [9.17, 15) is 14.7 Å². The van der Waals surface area contributed by atoms with E-state index in [4.69, 9.17) is 0 Å². The van der Waals surface area contributed by atoms with Crippen LogP contribution in [-0.4, -0.2) is 30.0 Å². The van der Waals surface area contributed by atoms with Gasteiger partial charge in [-0.25, -0.2) is 4.79 Å². The van der Waals surface area contributed by atoms with E-state index in [1.54, 1.807) is 24.3 Å². The smallest absolute Gasteiger partial charge is 0.314 e. The van der Waals surface area contributed by atoms with Gasteiger partial charge in [0.25, 0.3) is 0 Å². The number of carbonyl (C=O) groups excluding carboxylic acids is 2. The predicted octanol–water partition coefficient (Wildman–Crippen LogP) is 2.82. The molecule has 2 rings (SSSR count). The molecule has 3 N–H and O–H groups in total. The van der Waals surface area contributed by atoms with Crippen LogP contribution in [0.3, 0.4) is 0 Å². The normalized spacial score (nSPS) is 10.2. The number of benzene rings is 2. The van der Waals surface area contributed by atoms with Crippen LogP contribution >= 0.6 is 0 Å². The van der Waals surface area contributed by atoms with Gasteiger partial charge in [0.1, 0.15) is 5.75 Å². The first kappa shape index (κ1) is 17.5. The zero-order chi connectivity index (χ0) is 17.4. The number of Topliss-reactive ketones (excluding diaryl/α,β-unsaturated/α-hetero) is 1. The Morgan fingerprint density at radius 1 is 0.917 bits per heavy atom. The van der Waals surface area contributed by atoms with Gasteiger partial charge in [-0.15, -0.1) is 0 Å². The van der Waals surface area contributed by atoms with Gasteiger partial charge in [-0.05, 0) is 31.0 Å². The standard InChI is InChI=1S/C19H22N2O3/c1-14-2-6-16(7-3-14)18(23)11-13-21-19(24)20-12-10-15-4-8-17(22)9-5-15/h2-9,22H,10-13H2,1H3,(H2,20,21,24). The van der Waals surface area contributed by atoms with Crippen molar-refractivity contribution in [3.05, 3.63) is 65.2 Å². The average molecular weight is 326 g/mol. The van der Waals surface area contributed by atoms with Gasteiger partial charge in [0.05, 0.1) is 0 Å². The van der Waals surface area contributed by atoms with Crippen molar-refractivity contribution in [3.63, 3.8) is 0 Å². The van der Waals surface area contributed by atoms with Gasteiger partial charge in [-0.3, -0.25) is 4.79 Å². The number of hydrogen-bond acceptors (Lipinski definition) is 3. The van der Waals surface area contributed by atoms with Gasteiger partial charge in [-0.2, -0.15) is 0 Å². The fraction of sp³-hybridized carbons (Fsp3) is 0.263. The summed E-state index contributed by atoms with van der Waals surface area (Å²) >= 11 is 0. The zero-order valence-corrected chi connectivity index (χ0v) is 13.7. The monoisotopic (exact) mass is 326 g/mol. The molecule has 5 heteroatoms. The lowest BCUT2D eigenvalue weighted by atomic mass is 10.1. The highest BCUT2D eigenvalue weighted by atomic mass is 16.3. The van der Waals surface area contributed by atoms with E-state index >= 15 is 0 Å². The summed E-state index contributed by atoms with van der Waals surface area (Å²) in [6.07, 6.45) is 0.949. The molecule has 2 amide bonds. The number of aromatic hydroxyl groups is 1. The summed E-state index contributed by atoms with van der Waals surface area (Å²) in [4.78, 5) is 23.6. The summed E-state index contributed by atoms with van der Waals surface area (Å²) < 4.78 is 0. The number of ketones is 1. The molecule has 24 heavy (non-hydrogen) atoms. The first-order chi connectivity index (χ1) is 11.5. The number of aryl methyl sites for hydroxylation is 1. The molecule has 5 nitrogen and oxygen atoms in total. The van der Waals surface area contributed by atoms with Gasteiger partial charge in [0.2, 0.25) is 0 Å². The van der Waals surface area contributed by atoms with Crippen LogP contribution in [0.25, 0.3) is 0 Å². The summed E-state index contributed by atoms with van der Waals surface area (Å²) in [7, 11) is 0. The number of phenolic OH excluding ortho intramolecular Hbond substituents is 1. The number of phenols is 1. The molecule has 0 aromatic heterocycles. The molecule has 0 unspecified atom stereocenters. The van der Waals surface area contributed by atoms with Crippen molar-refractivity contribution in [3.8, 4) is 5.75 Å². The number of urea groups is 1. The van der Waals surface area contributed by atoms with E-state index < -0.39 is 0 Å². The molecule has 0 spiro atoms. The van der Waals surface area contributed by atoms with Gasteiger partial charge in [0.15, 0.2) is 5.78 Å². The predicted molar refractivity (Wildman–Crippen MR) is 93.3 cm³/mol. The Bertz CT molecular complexity index is 679. The maximum atomic E-state index is 12.0. The second-order valence-corrected chi connectivity index (χ2v) is 5.64. The van der Waals surface area contributed by atoms with Crippen LogP contribution in [0, 0.1) is 6.92 Å². The van der Waals surface area contributed by atoms with Crippen molar-refractivity contribution < 1.29 is 14.7 Å². The largest absolute Gasteiger partial charge is 0.508 e. The molecule has 0 fully saturated rings. The van der Waals surface area contributed by atoms with Crippen LogP contribution in [-0.2, 0) is 6.42 Å². The van der Waals surface area contributed by atoms with Crippen molar-refractivity contribution in [1.82, 2.24) is 10.6 Å². The van der Waals surface area contributed by atoms with E-state index in [0.29, 0.717) is 25.1 Å². The summed E-state index contributed by atoms with van der Waals surface area (Å²) in [5, 5.41) is 14.6. The molecule has 0 radical (unpaired) electrons. The minimum atomic E-state index is -0.287. The Morgan fingerprint density at radius 3 is 2.21 bits per heavy atom. The highest BCUT2D eigenvalue weighted by Gasteiger charge is 2.06. The quantitative estimate of drug-likeness (QED) is 0.685. The lowest BCUT2D eigenvalue weighted by Gasteiger charge is -2.08. The number of nitrogens with one attached hydrogen (secondary N) is 2. The molecular weight excluding hydrogens is 304 g/mol. The van der Waals surface area contributed by atoms with Gasteiger partial charge < -0.3 is 15.7 Å². The van der Waals surface area contributed by atoms with Gasteiger partial charge in [-0.1, -0.05) is 42.0 Å². The molecule has 0 saturated heterocycles. The van der Waals surface area contributed by atoms with Crippen molar-refractivity contribution in [1.29, 1.82) is 0 Å². The fourth-order valence-electron chi connectivity index (χ4n) is 2.22.